The smallest absolute Gasteiger partial charge is 0.224 e. The fourth-order valence-corrected chi connectivity index (χ4v) is 2.61. The van der Waals surface area contributed by atoms with Gasteiger partial charge in [0.05, 0.1) is 11.6 Å². The van der Waals surface area contributed by atoms with Crippen LogP contribution in [0.5, 0.6) is 0 Å². The summed E-state index contributed by atoms with van der Waals surface area (Å²) in [5, 5.41) is 17.3. The molecule has 106 valence electrons. The standard InChI is InChI=1S/C15H20N4O/c1-15(2)11(8-12(15)20)18-13-9-6-4-5-7-10(9)17-14(16-3)19-13/h4-7,11-12,20H,8H2,1-3H3,(H2,16,17,18,19). The number of aliphatic hydroxyl groups is 1. The van der Waals surface area contributed by atoms with Crippen LogP contribution >= 0.6 is 0 Å². The summed E-state index contributed by atoms with van der Waals surface area (Å²) in [6.07, 6.45) is 0.497. The Morgan fingerprint density at radius 2 is 2.00 bits per heavy atom. The first kappa shape index (κ1) is 13.1. The number of para-hydroxylation sites is 1. The summed E-state index contributed by atoms with van der Waals surface area (Å²) in [4.78, 5) is 8.96. The Kier molecular flexibility index (Phi) is 3.01. The first-order valence-corrected chi connectivity index (χ1v) is 6.91. The summed E-state index contributed by atoms with van der Waals surface area (Å²) in [7, 11) is 1.81. The zero-order chi connectivity index (χ0) is 14.3. The highest BCUT2D eigenvalue weighted by molar-refractivity contribution is 5.90. The van der Waals surface area contributed by atoms with Gasteiger partial charge in [0.1, 0.15) is 5.82 Å². The number of aliphatic hydroxyl groups excluding tert-OH is 1. The van der Waals surface area contributed by atoms with Crippen molar-refractivity contribution in [1.82, 2.24) is 9.97 Å². The van der Waals surface area contributed by atoms with E-state index in [-0.39, 0.29) is 17.6 Å². The molecule has 0 spiro atoms. The van der Waals surface area contributed by atoms with Gasteiger partial charge in [-0.25, -0.2) is 4.98 Å². The highest BCUT2D eigenvalue weighted by Crippen LogP contribution is 2.42. The van der Waals surface area contributed by atoms with E-state index >= 15 is 0 Å². The number of fused-ring (bicyclic) bond motifs is 1. The van der Waals surface area contributed by atoms with Crippen LogP contribution in [0.3, 0.4) is 0 Å². The van der Waals surface area contributed by atoms with Gasteiger partial charge in [-0.15, -0.1) is 0 Å². The molecule has 1 aromatic heterocycles. The Hall–Kier alpha value is -1.88. The van der Waals surface area contributed by atoms with Crippen LogP contribution in [-0.4, -0.2) is 34.3 Å². The third kappa shape index (κ3) is 1.98. The van der Waals surface area contributed by atoms with Crippen molar-refractivity contribution in [2.45, 2.75) is 32.4 Å². The second-order valence-corrected chi connectivity index (χ2v) is 5.93. The first-order valence-electron chi connectivity index (χ1n) is 6.91. The van der Waals surface area contributed by atoms with E-state index < -0.39 is 0 Å². The molecule has 0 saturated heterocycles. The summed E-state index contributed by atoms with van der Waals surface area (Å²) >= 11 is 0. The van der Waals surface area contributed by atoms with Crippen molar-refractivity contribution >= 4 is 22.7 Å². The van der Waals surface area contributed by atoms with Crippen molar-refractivity contribution in [3.63, 3.8) is 0 Å². The molecule has 1 aromatic carbocycles. The molecule has 5 nitrogen and oxygen atoms in total. The lowest BCUT2D eigenvalue weighted by molar-refractivity contribution is -0.0511. The van der Waals surface area contributed by atoms with Gasteiger partial charge in [-0.3, -0.25) is 0 Å². The van der Waals surface area contributed by atoms with Gasteiger partial charge in [-0.1, -0.05) is 26.0 Å². The predicted molar refractivity (Wildman–Crippen MR) is 80.9 cm³/mol. The molecule has 1 aliphatic carbocycles. The Bertz CT molecular complexity index is 641. The maximum atomic E-state index is 9.85. The van der Waals surface area contributed by atoms with E-state index in [1.165, 1.54) is 0 Å². The maximum absolute atomic E-state index is 9.85. The van der Waals surface area contributed by atoms with Crippen molar-refractivity contribution in [3.05, 3.63) is 24.3 Å². The highest BCUT2D eigenvalue weighted by Gasteiger charge is 2.47. The molecule has 5 heteroatoms. The molecule has 1 saturated carbocycles. The number of hydrogen-bond donors (Lipinski definition) is 3. The van der Waals surface area contributed by atoms with Crippen molar-refractivity contribution < 1.29 is 5.11 Å². The molecule has 0 bridgehead atoms. The zero-order valence-electron chi connectivity index (χ0n) is 12.0. The van der Waals surface area contributed by atoms with Crippen LogP contribution in [0.2, 0.25) is 0 Å². The Morgan fingerprint density at radius 1 is 1.25 bits per heavy atom. The first-order chi connectivity index (χ1) is 9.52. The SMILES string of the molecule is CNc1nc(NC2CC(O)C2(C)C)c2ccccc2n1. The van der Waals surface area contributed by atoms with Gasteiger partial charge in [0.25, 0.3) is 0 Å². The fourth-order valence-electron chi connectivity index (χ4n) is 2.61. The van der Waals surface area contributed by atoms with Gasteiger partial charge in [-0.2, -0.15) is 4.98 Å². The molecule has 0 radical (unpaired) electrons. The normalized spacial score (nSPS) is 24.2. The van der Waals surface area contributed by atoms with Gasteiger partial charge in [0.2, 0.25) is 5.95 Å². The minimum Gasteiger partial charge on any atom is -0.392 e. The molecule has 3 N–H and O–H groups in total. The molecular formula is C15H20N4O. The lowest BCUT2D eigenvalue weighted by atomic mass is 9.64. The number of anilines is 2. The third-order valence-corrected chi connectivity index (χ3v) is 4.35. The number of aromatic nitrogens is 2. The minimum atomic E-state index is -0.253. The molecule has 1 heterocycles. The number of nitrogens with one attached hydrogen (secondary N) is 2. The Balaban J connectivity index is 1.98. The minimum absolute atomic E-state index is 0.133. The van der Waals surface area contributed by atoms with Gasteiger partial charge in [0, 0.05) is 23.9 Å². The van der Waals surface area contributed by atoms with E-state index in [1.54, 1.807) is 0 Å². The second-order valence-electron chi connectivity index (χ2n) is 5.93. The summed E-state index contributed by atoms with van der Waals surface area (Å²) in [6.45, 7) is 4.14. The Morgan fingerprint density at radius 3 is 2.65 bits per heavy atom. The van der Waals surface area contributed by atoms with Crippen LogP contribution in [0.25, 0.3) is 10.9 Å². The highest BCUT2D eigenvalue weighted by atomic mass is 16.3. The van der Waals surface area contributed by atoms with Gasteiger partial charge in [0.15, 0.2) is 0 Å². The van der Waals surface area contributed by atoms with Gasteiger partial charge in [-0.05, 0) is 18.6 Å². The molecular weight excluding hydrogens is 252 g/mol. The van der Waals surface area contributed by atoms with Crippen LogP contribution in [0.4, 0.5) is 11.8 Å². The van der Waals surface area contributed by atoms with Crippen molar-refractivity contribution in [2.24, 2.45) is 5.41 Å². The zero-order valence-corrected chi connectivity index (χ0v) is 12.0. The van der Waals surface area contributed by atoms with Crippen molar-refractivity contribution in [3.8, 4) is 0 Å². The van der Waals surface area contributed by atoms with Gasteiger partial charge < -0.3 is 15.7 Å². The van der Waals surface area contributed by atoms with Crippen LogP contribution < -0.4 is 10.6 Å². The number of benzene rings is 1. The number of nitrogens with zero attached hydrogens (tertiary/aromatic N) is 2. The lowest BCUT2D eigenvalue weighted by Crippen LogP contribution is -2.57. The van der Waals surface area contributed by atoms with E-state index in [1.807, 2.05) is 31.3 Å². The summed E-state index contributed by atoms with van der Waals surface area (Å²) in [6, 6.07) is 8.16. The van der Waals surface area contributed by atoms with Gasteiger partial charge >= 0.3 is 0 Å². The number of hydrogen-bond acceptors (Lipinski definition) is 5. The molecule has 2 atom stereocenters. The fraction of sp³-hybridized carbons (Fsp3) is 0.467. The average molecular weight is 272 g/mol. The molecule has 2 aromatic rings. The van der Waals surface area contributed by atoms with Crippen molar-refractivity contribution in [2.75, 3.05) is 17.7 Å². The van der Waals surface area contributed by atoms with Crippen LogP contribution in [-0.2, 0) is 0 Å². The number of rotatable bonds is 3. The molecule has 0 amide bonds. The summed E-state index contributed by atoms with van der Waals surface area (Å²) < 4.78 is 0. The van der Waals surface area contributed by atoms with Crippen LogP contribution in [0.15, 0.2) is 24.3 Å². The molecule has 1 fully saturated rings. The molecule has 3 rings (SSSR count). The second kappa shape index (κ2) is 4.59. The molecule has 0 aliphatic heterocycles. The van der Waals surface area contributed by atoms with Crippen molar-refractivity contribution in [1.29, 1.82) is 0 Å². The largest absolute Gasteiger partial charge is 0.392 e. The van der Waals surface area contributed by atoms with E-state index in [2.05, 4.69) is 34.4 Å². The lowest BCUT2D eigenvalue weighted by Gasteiger charge is -2.49. The Labute approximate surface area is 118 Å². The van der Waals surface area contributed by atoms with E-state index in [0.29, 0.717) is 5.95 Å². The summed E-state index contributed by atoms with van der Waals surface area (Å²) in [5.74, 6) is 1.42. The molecule has 20 heavy (non-hydrogen) atoms. The monoisotopic (exact) mass is 272 g/mol. The van der Waals surface area contributed by atoms with E-state index in [0.717, 1.165) is 23.1 Å². The topological polar surface area (TPSA) is 70.1 Å². The quantitative estimate of drug-likeness (QED) is 0.799. The third-order valence-electron chi connectivity index (χ3n) is 4.35. The van der Waals surface area contributed by atoms with Crippen LogP contribution in [0, 0.1) is 5.41 Å². The predicted octanol–water partition coefficient (Wildman–Crippen LogP) is 2.24. The van der Waals surface area contributed by atoms with Crippen LogP contribution in [0.1, 0.15) is 20.3 Å². The molecule has 2 unspecified atom stereocenters. The van der Waals surface area contributed by atoms with E-state index in [4.69, 9.17) is 0 Å². The summed E-state index contributed by atoms with van der Waals surface area (Å²) in [5.41, 5.74) is 0.776. The molecule has 1 aliphatic rings. The maximum Gasteiger partial charge on any atom is 0.224 e. The van der Waals surface area contributed by atoms with E-state index in [9.17, 15) is 5.11 Å². The average Bonchev–Trinajstić information content (AvgIpc) is 2.46.